The van der Waals surface area contributed by atoms with Crippen LogP contribution in [0.25, 0.3) is 20.8 Å². The Morgan fingerprint density at radius 3 is 2.42 bits per heavy atom. The molecule has 0 radical (unpaired) electrons. The number of rotatable bonds is 6. The molecule has 1 aromatic heterocycles. The minimum absolute atomic E-state index is 0.121. The highest BCUT2D eigenvalue weighted by molar-refractivity contribution is 7.89. The first-order valence-electron chi connectivity index (χ1n) is 9.71. The highest BCUT2D eigenvalue weighted by Gasteiger charge is 2.16. The van der Waals surface area contributed by atoms with Crippen LogP contribution < -0.4 is 10.0 Å². The molecule has 1 heterocycles. The van der Waals surface area contributed by atoms with Crippen molar-refractivity contribution in [3.8, 4) is 10.6 Å². The van der Waals surface area contributed by atoms with Crippen LogP contribution in [0, 0.1) is 0 Å². The van der Waals surface area contributed by atoms with Crippen LogP contribution in [0.1, 0.15) is 24.2 Å². The van der Waals surface area contributed by atoms with E-state index in [0.717, 1.165) is 20.8 Å². The second-order valence-corrected chi connectivity index (χ2v) is 10.1. The van der Waals surface area contributed by atoms with Crippen molar-refractivity contribution in [2.75, 3.05) is 5.32 Å². The molecule has 0 saturated heterocycles. The van der Waals surface area contributed by atoms with Crippen LogP contribution in [-0.4, -0.2) is 25.4 Å². The molecule has 158 valence electrons. The van der Waals surface area contributed by atoms with Gasteiger partial charge in [-0.3, -0.25) is 4.79 Å². The van der Waals surface area contributed by atoms with E-state index < -0.39 is 10.0 Å². The molecule has 0 aliphatic heterocycles. The molecule has 0 bridgehead atoms. The van der Waals surface area contributed by atoms with Crippen molar-refractivity contribution >= 4 is 43.2 Å². The first-order valence-corrected chi connectivity index (χ1v) is 12.0. The third-order valence-electron chi connectivity index (χ3n) is 4.48. The third-order valence-corrected chi connectivity index (χ3v) is 7.24. The zero-order valence-corrected chi connectivity index (χ0v) is 18.6. The van der Waals surface area contributed by atoms with Gasteiger partial charge in [0.25, 0.3) is 5.91 Å². The highest BCUT2D eigenvalue weighted by Crippen LogP contribution is 2.31. The molecule has 0 atom stereocenters. The van der Waals surface area contributed by atoms with E-state index in [2.05, 4.69) is 15.0 Å². The van der Waals surface area contributed by atoms with Gasteiger partial charge in [-0.2, -0.15) is 0 Å². The van der Waals surface area contributed by atoms with E-state index in [1.54, 1.807) is 31.3 Å². The lowest BCUT2D eigenvalue weighted by atomic mass is 10.2. The second kappa shape index (κ2) is 8.58. The van der Waals surface area contributed by atoms with E-state index in [1.807, 2.05) is 42.5 Å². The number of aromatic nitrogens is 1. The molecule has 0 spiro atoms. The van der Waals surface area contributed by atoms with Gasteiger partial charge in [0, 0.05) is 22.9 Å². The number of nitrogens with zero attached hydrogens (tertiary/aromatic N) is 1. The van der Waals surface area contributed by atoms with E-state index in [4.69, 9.17) is 0 Å². The maximum absolute atomic E-state index is 12.7. The molecular weight excluding hydrogens is 430 g/mol. The van der Waals surface area contributed by atoms with Gasteiger partial charge in [-0.25, -0.2) is 18.1 Å². The number of sulfonamides is 1. The molecule has 6 nitrogen and oxygen atoms in total. The van der Waals surface area contributed by atoms with E-state index in [9.17, 15) is 13.2 Å². The molecule has 4 rings (SSSR count). The van der Waals surface area contributed by atoms with Crippen molar-refractivity contribution in [1.29, 1.82) is 0 Å². The van der Waals surface area contributed by atoms with Gasteiger partial charge in [-0.05, 0) is 62.4 Å². The Labute approximate surface area is 185 Å². The second-order valence-electron chi connectivity index (χ2n) is 7.32. The van der Waals surface area contributed by atoms with Crippen LogP contribution in [0.15, 0.2) is 77.7 Å². The van der Waals surface area contributed by atoms with E-state index in [-0.39, 0.29) is 16.8 Å². The van der Waals surface area contributed by atoms with Gasteiger partial charge < -0.3 is 5.32 Å². The van der Waals surface area contributed by atoms with Crippen LogP contribution in [0.4, 0.5) is 5.69 Å². The molecule has 8 heteroatoms. The standard InChI is InChI=1S/C23H21N3O3S2/c1-15(2)26-31(28,29)19-12-10-16(11-13-19)22(27)24-18-7-5-6-17(14-18)23-25-20-8-3-4-9-21(20)30-23/h3-15,26H,1-2H3,(H,24,27). The molecule has 4 aromatic rings. The summed E-state index contributed by atoms with van der Waals surface area (Å²) in [5, 5.41) is 3.74. The summed E-state index contributed by atoms with van der Waals surface area (Å²) in [6, 6.07) is 21.1. The van der Waals surface area contributed by atoms with Gasteiger partial charge >= 0.3 is 0 Å². The Kier molecular flexibility index (Phi) is 5.86. The van der Waals surface area contributed by atoms with Gasteiger partial charge in [-0.15, -0.1) is 11.3 Å². The predicted molar refractivity (Wildman–Crippen MR) is 125 cm³/mol. The lowest BCUT2D eigenvalue weighted by molar-refractivity contribution is 0.102. The SMILES string of the molecule is CC(C)NS(=O)(=O)c1ccc(C(=O)Nc2cccc(-c3nc4ccccc4s3)c2)cc1. The van der Waals surface area contributed by atoms with Crippen LogP contribution in [0.2, 0.25) is 0 Å². The molecule has 0 fully saturated rings. The number of carbonyl (C=O) groups is 1. The van der Waals surface area contributed by atoms with Crippen molar-refractivity contribution < 1.29 is 13.2 Å². The molecule has 1 amide bonds. The quantitative estimate of drug-likeness (QED) is 0.436. The number of hydrogen-bond donors (Lipinski definition) is 2. The van der Waals surface area contributed by atoms with E-state index >= 15 is 0 Å². The Morgan fingerprint density at radius 2 is 1.71 bits per heavy atom. The average Bonchev–Trinajstić information content (AvgIpc) is 3.17. The number of benzene rings is 3. The Bertz CT molecular complexity index is 1310. The van der Waals surface area contributed by atoms with Gasteiger partial charge in [0.1, 0.15) is 5.01 Å². The largest absolute Gasteiger partial charge is 0.322 e. The molecule has 3 aromatic carbocycles. The Balaban J connectivity index is 1.52. The summed E-state index contributed by atoms with van der Waals surface area (Å²) in [4.78, 5) is 17.4. The Hall–Kier alpha value is -3.07. The lowest BCUT2D eigenvalue weighted by Gasteiger charge is -2.10. The fraction of sp³-hybridized carbons (Fsp3) is 0.130. The summed E-state index contributed by atoms with van der Waals surface area (Å²) in [7, 11) is -3.60. The molecule has 0 unspecified atom stereocenters. The number of hydrogen-bond acceptors (Lipinski definition) is 5. The summed E-state index contributed by atoms with van der Waals surface area (Å²) >= 11 is 1.60. The monoisotopic (exact) mass is 451 g/mol. The van der Waals surface area contributed by atoms with Gasteiger partial charge in [0.05, 0.1) is 15.1 Å². The predicted octanol–water partition coefficient (Wildman–Crippen LogP) is 4.90. The number of thiazole rings is 1. The van der Waals surface area contributed by atoms with Crippen molar-refractivity contribution in [2.45, 2.75) is 24.8 Å². The van der Waals surface area contributed by atoms with Crippen molar-refractivity contribution in [2.24, 2.45) is 0 Å². The van der Waals surface area contributed by atoms with Crippen LogP contribution >= 0.6 is 11.3 Å². The summed E-state index contributed by atoms with van der Waals surface area (Å²) in [5.41, 5.74) is 2.87. The molecule has 31 heavy (non-hydrogen) atoms. The summed E-state index contributed by atoms with van der Waals surface area (Å²) < 4.78 is 28.1. The van der Waals surface area contributed by atoms with Gasteiger partial charge in [0.15, 0.2) is 0 Å². The number of para-hydroxylation sites is 1. The number of carbonyl (C=O) groups excluding carboxylic acids is 1. The molecule has 0 saturated carbocycles. The first-order chi connectivity index (χ1) is 14.8. The minimum Gasteiger partial charge on any atom is -0.322 e. The van der Waals surface area contributed by atoms with Crippen LogP contribution in [0.3, 0.4) is 0 Å². The summed E-state index contributed by atoms with van der Waals surface area (Å²) in [6.45, 7) is 3.50. The number of fused-ring (bicyclic) bond motifs is 1. The smallest absolute Gasteiger partial charge is 0.255 e. The molecule has 2 N–H and O–H groups in total. The van der Waals surface area contributed by atoms with Gasteiger partial charge in [0.2, 0.25) is 10.0 Å². The summed E-state index contributed by atoms with van der Waals surface area (Å²) in [6.07, 6.45) is 0. The number of amides is 1. The van der Waals surface area contributed by atoms with Crippen molar-refractivity contribution in [3.05, 3.63) is 78.4 Å². The maximum atomic E-state index is 12.7. The molecule has 0 aliphatic rings. The fourth-order valence-corrected chi connectivity index (χ4v) is 5.31. The van der Waals surface area contributed by atoms with Gasteiger partial charge in [-0.1, -0.05) is 24.3 Å². The van der Waals surface area contributed by atoms with E-state index in [0.29, 0.717) is 11.3 Å². The van der Waals surface area contributed by atoms with Crippen molar-refractivity contribution in [1.82, 2.24) is 9.71 Å². The zero-order chi connectivity index (χ0) is 22.0. The zero-order valence-electron chi connectivity index (χ0n) is 17.0. The maximum Gasteiger partial charge on any atom is 0.255 e. The lowest BCUT2D eigenvalue weighted by Crippen LogP contribution is -2.30. The fourth-order valence-electron chi connectivity index (χ4n) is 3.09. The van der Waals surface area contributed by atoms with Crippen molar-refractivity contribution in [3.63, 3.8) is 0 Å². The topological polar surface area (TPSA) is 88.2 Å². The minimum atomic E-state index is -3.60. The van der Waals surface area contributed by atoms with Crippen LogP contribution in [-0.2, 0) is 10.0 Å². The highest BCUT2D eigenvalue weighted by atomic mass is 32.2. The van der Waals surface area contributed by atoms with Crippen LogP contribution in [0.5, 0.6) is 0 Å². The first kappa shape index (κ1) is 21.2. The third kappa shape index (κ3) is 4.82. The average molecular weight is 452 g/mol. The van der Waals surface area contributed by atoms with E-state index in [1.165, 1.54) is 24.3 Å². The normalized spacial score (nSPS) is 11.7. The Morgan fingerprint density at radius 1 is 0.968 bits per heavy atom. The summed E-state index contributed by atoms with van der Waals surface area (Å²) in [5.74, 6) is -0.317. The number of nitrogens with one attached hydrogen (secondary N) is 2. The number of anilines is 1. The molecule has 0 aliphatic carbocycles. The molecular formula is C23H21N3O3S2.